The molecule has 0 saturated carbocycles. The van der Waals surface area contributed by atoms with Crippen molar-refractivity contribution >= 4 is 11.9 Å². The van der Waals surface area contributed by atoms with Gasteiger partial charge in [0.05, 0.1) is 19.8 Å². The van der Waals surface area contributed by atoms with Crippen molar-refractivity contribution < 1.29 is 9.47 Å². The summed E-state index contributed by atoms with van der Waals surface area (Å²) >= 11 is 0. The Kier molecular flexibility index (Phi) is 17.3. The predicted molar refractivity (Wildman–Crippen MR) is 125 cm³/mol. The highest BCUT2D eigenvalue weighted by Crippen LogP contribution is 2.12. The summed E-state index contributed by atoms with van der Waals surface area (Å²) in [5.74, 6) is 2.16. The lowest BCUT2D eigenvalue weighted by molar-refractivity contribution is 0.0518. The van der Waals surface area contributed by atoms with Crippen LogP contribution in [0.25, 0.3) is 0 Å². The fourth-order valence-electron chi connectivity index (χ4n) is 3.04. The van der Waals surface area contributed by atoms with Crippen LogP contribution < -0.4 is 10.6 Å². The highest BCUT2D eigenvalue weighted by atomic mass is 16.5. The zero-order valence-electron chi connectivity index (χ0n) is 19.7. The van der Waals surface area contributed by atoms with Crippen molar-refractivity contribution in [2.75, 3.05) is 50.2 Å². The normalized spacial score (nSPS) is 11.0. The highest BCUT2D eigenvalue weighted by Gasteiger charge is 2.06. The van der Waals surface area contributed by atoms with E-state index in [0.717, 1.165) is 44.7 Å². The van der Waals surface area contributed by atoms with E-state index in [1.807, 2.05) is 0 Å². The maximum atomic E-state index is 5.58. The van der Waals surface area contributed by atoms with E-state index in [1.165, 1.54) is 44.9 Å². The number of nitrogens with zero attached hydrogens (tertiary/aromatic N) is 3. The number of unbranched alkanes of at least 4 members (excludes halogenated alkanes) is 7. The van der Waals surface area contributed by atoms with Crippen LogP contribution in [0.4, 0.5) is 11.9 Å². The first-order valence-corrected chi connectivity index (χ1v) is 12.2. The van der Waals surface area contributed by atoms with E-state index in [2.05, 4.69) is 46.4 Å². The van der Waals surface area contributed by atoms with Crippen molar-refractivity contribution in [2.45, 2.75) is 91.4 Å². The molecule has 7 nitrogen and oxygen atoms in total. The lowest BCUT2D eigenvalue weighted by atomic mass is 10.1. The fourth-order valence-corrected chi connectivity index (χ4v) is 3.04. The van der Waals surface area contributed by atoms with Gasteiger partial charge in [0, 0.05) is 26.1 Å². The van der Waals surface area contributed by atoms with Gasteiger partial charge in [0.15, 0.2) is 0 Å². The topological polar surface area (TPSA) is 81.2 Å². The van der Waals surface area contributed by atoms with E-state index in [-0.39, 0.29) is 0 Å². The van der Waals surface area contributed by atoms with Crippen molar-refractivity contribution in [1.29, 1.82) is 0 Å². The summed E-state index contributed by atoms with van der Waals surface area (Å²) in [6.45, 7) is 10.7. The number of hydrogen-bond acceptors (Lipinski definition) is 7. The van der Waals surface area contributed by atoms with Crippen LogP contribution in [0.15, 0.2) is 0 Å². The highest BCUT2D eigenvalue weighted by molar-refractivity contribution is 5.34. The summed E-state index contributed by atoms with van der Waals surface area (Å²) in [6.07, 6.45) is 13.4. The minimum atomic E-state index is 0.603. The van der Waals surface area contributed by atoms with Crippen LogP contribution in [0.5, 0.6) is 0 Å². The Morgan fingerprint density at radius 1 is 0.567 bits per heavy atom. The summed E-state index contributed by atoms with van der Waals surface area (Å²) < 4.78 is 11.0. The van der Waals surface area contributed by atoms with E-state index >= 15 is 0 Å². The molecule has 30 heavy (non-hydrogen) atoms. The molecule has 0 atom stereocenters. The third kappa shape index (κ3) is 14.5. The Hall–Kier alpha value is -1.47. The summed E-state index contributed by atoms with van der Waals surface area (Å²) in [5, 5.41) is 6.55. The molecule has 1 rings (SSSR count). The van der Waals surface area contributed by atoms with E-state index in [1.54, 1.807) is 0 Å². The van der Waals surface area contributed by atoms with Gasteiger partial charge in [0.1, 0.15) is 5.82 Å². The predicted octanol–water partition coefficient (Wildman–Crippen LogP) is 5.23. The molecule has 0 aromatic carbocycles. The largest absolute Gasteiger partial charge is 0.379 e. The number of hydrogen-bond donors (Lipinski definition) is 2. The van der Waals surface area contributed by atoms with Crippen LogP contribution in [0.2, 0.25) is 0 Å². The Morgan fingerprint density at radius 3 is 1.80 bits per heavy atom. The minimum Gasteiger partial charge on any atom is -0.379 e. The molecular weight excluding hydrogens is 378 g/mol. The molecule has 0 radical (unpaired) electrons. The van der Waals surface area contributed by atoms with Gasteiger partial charge in [-0.1, -0.05) is 65.7 Å². The lowest BCUT2D eigenvalue weighted by Crippen LogP contribution is -2.16. The smallest absolute Gasteiger partial charge is 0.227 e. The summed E-state index contributed by atoms with van der Waals surface area (Å²) in [4.78, 5) is 13.7. The van der Waals surface area contributed by atoms with E-state index < -0.39 is 0 Å². The molecule has 0 aliphatic carbocycles. The van der Waals surface area contributed by atoms with Crippen LogP contribution in [0.3, 0.4) is 0 Å². The third-order valence-corrected chi connectivity index (χ3v) is 4.72. The SMILES string of the molecule is CCCCCCCCCCc1nc(NCCC)nc(NCCOCCOCCC)n1. The molecule has 0 aliphatic heterocycles. The van der Waals surface area contributed by atoms with Crippen LogP contribution in [0, 0.1) is 0 Å². The Morgan fingerprint density at radius 2 is 1.17 bits per heavy atom. The maximum Gasteiger partial charge on any atom is 0.227 e. The summed E-state index contributed by atoms with van der Waals surface area (Å²) in [7, 11) is 0. The second-order valence-corrected chi connectivity index (χ2v) is 7.70. The molecule has 0 spiro atoms. The zero-order valence-corrected chi connectivity index (χ0v) is 19.7. The molecule has 0 aliphatic rings. The second kappa shape index (κ2) is 19.5. The van der Waals surface area contributed by atoms with Crippen LogP contribution in [0.1, 0.15) is 90.8 Å². The van der Waals surface area contributed by atoms with Gasteiger partial charge in [0.25, 0.3) is 0 Å². The van der Waals surface area contributed by atoms with Crippen molar-refractivity contribution in [2.24, 2.45) is 0 Å². The van der Waals surface area contributed by atoms with E-state index in [0.29, 0.717) is 38.3 Å². The number of anilines is 2. The molecule has 174 valence electrons. The van der Waals surface area contributed by atoms with Crippen LogP contribution in [-0.4, -0.2) is 54.5 Å². The first-order valence-electron chi connectivity index (χ1n) is 12.2. The molecule has 0 amide bonds. The molecular formula is C23H45N5O2. The van der Waals surface area contributed by atoms with Crippen molar-refractivity contribution in [3.63, 3.8) is 0 Å². The monoisotopic (exact) mass is 423 g/mol. The van der Waals surface area contributed by atoms with E-state index in [4.69, 9.17) is 9.47 Å². The fraction of sp³-hybridized carbons (Fsp3) is 0.870. The average molecular weight is 424 g/mol. The molecule has 0 saturated heterocycles. The van der Waals surface area contributed by atoms with Gasteiger partial charge < -0.3 is 20.1 Å². The number of aromatic nitrogens is 3. The summed E-state index contributed by atoms with van der Waals surface area (Å²) in [6, 6.07) is 0. The summed E-state index contributed by atoms with van der Waals surface area (Å²) in [5.41, 5.74) is 0. The average Bonchev–Trinajstić information content (AvgIpc) is 2.76. The van der Waals surface area contributed by atoms with Crippen molar-refractivity contribution in [3.8, 4) is 0 Å². The van der Waals surface area contributed by atoms with Gasteiger partial charge >= 0.3 is 0 Å². The van der Waals surface area contributed by atoms with Gasteiger partial charge in [0.2, 0.25) is 11.9 Å². The molecule has 7 heteroatoms. The molecule has 1 heterocycles. The number of rotatable bonds is 21. The van der Waals surface area contributed by atoms with Gasteiger partial charge in [-0.05, 0) is 19.3 Å². The van der Waals surface area contributed by atoms with Crippen LogP contribution in [-0.2, 0) is 15.9 Å². The Labute approximate surface area is 184 Å². The molecule has 1 aromatic heterocycles. The van der Waals surface area contributed by atoms with Gasteiger partial charge in [-0.2, -0.15) is 15.0 Å². The molecule has 2 N–H and O–H groups in total. The lowest BCUT2D eigenvalue weighted by Gasteiger charge is -2.10. The molecule has 0 fully saturated rings. The zero-order chi connectivity index (χ0) is 21.7. The van der Waals surface area contributed by atoms with Crippen molar-refractivity contribution in [3.05, 3.63) is 5.82 Å². The van der Waals surface area contributed by atoms with Gasteiger partial charge in [-0.15, -0.1) is 0 Å². The van der Waals surface area contributed by atoms with Gasteiger partial charge in [-0.3, -0.25) is 0 Å². The first-order chi connectivity index (χ1) is 14.8. The second-order valence-electron chi connectivity index (χ2n) is 7.70. The molecule has 0 unspecified atom stereocenters. The standard InChI is InChI=1S/C23H45N5O2/c1-4-7-8-9-10-11-12-13-14-21-26-22(24-15-5-2)28-23(27-21)25-16-18-30-20-19-29-17-6-3/h4-20H2,1-3H3,(H2,24,25,26,27,28). The minimum absolute atomic E-state index is 0.603. The van der Waals surface area contributed by atoms with E-state index in [9.17, 15) is 0 Å². The third-order valence-electron chi connectivity index (χ3n) is 4.72. The number of aryl methyl sites for hydroxylation is 1. The maximum absolute atomic E-state index is 5.58. The van der Waals surface area contributed by atoms with Crippen LogP contribution >= 0.6 is 0 Å². The molecule has 0 bridgehead atoms. The number of nitrogens with one attached hydrogen (secondary N) is 2. The molecule has 1 aromatic rings. The first kappa shape index (κ1) is 26.6. The number of ether oxygens (including phenoxy) is 2. The Balaban J connectivity index is 2.34. The van der Waals surface area contributed by atoms with Gasteiger partial charge in [-0.25, -0.2) is 0 Å². The Bertz CT molecular complexity index is 478. The van der Waals surface area contributed by atoms with Crippen molar-refractivity contribution in [1.82, 2.24) is 15.0 Å². The quantitative estimate of drug-likeness (QED) is 0.262.